The van der Waals surface area contributed by atoms with Gasteiger partial charge in [0.05, 0.1) is 28.7 Å². The molecule has 1 amide bonds. The van der Waals surface area contributed by atoms with E-state index in [0.29, 0.717) is 38.1 Å². The van der Waals surface area contributed by atoms with Crippen molar-refractivity contribution in [1.29, 1.82) is 0 Å². The number of piperazine rings is 1. The lowest BCUT2D eigenvalue weighted by Gasteiger charge is -2.37. The van der Waals surface area contributed by atoms with Gasteiger partial charge in [0.15, 0.2) is 9.84 Å². The largest absolute Gasteiger partial charge is 0.339 e. The number of hydrogen-bond donors (Lipinski definition) is 0. The Morgan fingerprint density at radius 1 is 1.21 bits per heavy atom. The molecule has 0 spiro atoms. The molecule has 28 heavy (non-hydrogen) atoms. The second-order valence-corrected chi connectivity index (χ2v) is 9.54. The maximum Gasteiger partial charge on any atom is 0.261 e. The molecule has 10 heteroatoms. The molecule has 1 aromatic heterocycles. The van der Waals surface area contributed by atoms with Gasteiger partial charge in [-0.1, -0.05) is 0 Å². The van der Waals surface area contributed by atoms with Crippen LogP contribution in [-0.2, 0) is 21.2 Å². The van der Waals surface area contributed by atoms with Crippen molar-refractivity contribution >= 4 is 26.6 Å². The highest BCUT2D eigenvalue weighted by molar-refractivity contribution is 7.91. The number of carbonyl (C=O) groups excluding carboxylic acids is 1. The number of fused-ring (bicyclic) bond motifs is 1. The third-order valence-corrected chi connectivity index (χ3v) is 7.23. The third-order valence-electron chi connectivity index (χ3n) is 5.48. The maximum absolute atomic E-state index is 13.4. The van der Waals surface area contributed by atoms with Crippen molar-refractivity contribution in [2.45, 2.75) is 19.0 Å². The molecule has 8 nitrogen and oxygen atoms in total. The van der Waals surface area contributed by atoms with Crippen LogP contribution in [0.5, 0.6) is 0 Å². The molecule has 2 aliphatic heterocycles. The summed E-state index contributed by atoms with van der Waals surface area (Å²) >= 11 is 0. The molecule has 0 bridgehead atoms. The van der Waals surface area contributed by atoms with Gasteiger partial charge in [-0.3, -0.25) is 19.1 Å². The number of amides is 1. The Morgan fingerprint density at radius 3 is 2.64 bits per heavy atom. The van der Waals surface area contributed by atoms with Gasteiger partial charge in [0.25, 0.3) is 5.56 Å². The number of sulfone groups is 1. The fraction of sp³-hybridized carbons (Fsp3) is 0.500. The summed E-state index contributed by atoms with van der Waals surface area (Å²) in [6.45, 7) is 2.04. The van der Waals surface area contributed by atoms with Gasteiger partial charge in [-0.25, -0.2) is 17.8 Å². The van der Waals surface area contributed by atoms with Crippen LogP contribution in [0.4, 0.5) is 4.39 Å². The minimum absolute atomic E-state index is 0.0319. The van der Waals surface area contributed by atoms with E-state index in [9.17, 15) is 22.4 Å². The Kier molecular flexibility index (Phi) is 4.92. The van der Waals surface area contributed by atoms with E-state index in [2.05, 4.69) is 9.88 Å². The molecule has 2 aromatic rings. The fourth-order valence-electron chi connectivity index (χ4n) is 3.89. The highest BCUT2D eigenvalue weighted by Crippen LogP contribution is 2.19. The van der Waals surface area contributed by atoms with Crippen molar-refractivity contribution < 1.29 is 17.6 Å². The molecule has 0 saturated carbocycles. The Balaban J connectivity index is 1.41. The first-order valence-corrected chi connectivity index (χ1v) is 11.0. The van der Waals surface area contributed by atoms with E-state index in [0.717, 1.165) is 6.07 Å². The van der Waals surface area contributed by atoms with E-state index in [4.69, 9.17) is 0 Å². The third kappa shape index (κ3) is 3.79. The highest BCUT2D eigenvalue weighted by Gasteiger charge is 2.34. The summed E-state index contributed by atoms with van der Waals surface area (Å²) in [7, 11) is -2.94. The van der Waals surface area contributed by atoms with Crippen LogP contribution in [0.25, 0.3) is 10.9 Å². The lowest BCUT2D eigenvalue weighted by atomic mass is 10.2. The van der Waals surface area contributed by atoms with Crippen molar-refractivity contribution in [1.82, 2.24) is 19.4 Å². The van der Waals surface area contributed by atoms with Crippen molar-refractivity contribution in [3.8, 4) is 0 Å². The smallest absolute Gasteiger partial charge is 0.261 e. The molecule has 150 valence electrons. The van der Waals surface area contributed by atoms with Gasteiger partial charge in [0, 0.05) is 32.2 Å². The SMILES string of the molecule is O=C(Cn1cnc2ccc(F)cc2c1=O)N1CCN(C2CCS(=O)(=O)C2)CC1. The summed E-state index contributed by atoms with van der Waals surface area (Å²) in [6.07, 6.45) is 1.95. The van der Waals surface area contributed by atoms with E-state index < -0.39 is 21.2 Å². The molecule has 1 atom stereocenters. The Morgan fingerprint density at radius 2 is 1.96 bits per heavy atom. The summed E-state index contributed by atoms with van der Waals surface area (Å²) in [5.41, 5.74) is -0.0668. The Bertz CT molecular complexity index is 1080. The summed E-state index contributed by atoms with van der Waals surface area (Å²) in [4.78, 5) is 33.0. The van der Waals surface area contributed by atoms with Gasteiger partial charge in [-0.05, 0) is 24.6 Å². The standard InChI is InChI=1S/C18H21FN4O4S/c19-13-1-2-16-15(9-13)18(25)23(12-20-16)10-17(24)22-6-4-21(5-7-22)14-3-8-28(26,27)11-14/h1-2,9,12,14H,3-8,10-11H2. The van der Waals surface area contributed by atoms with E-state index in [1.807, 2.05) is 0 Å². The molecule has 1 unspecified atom stereocenters. The van der Waals surface area contributed by atoms with Crippen LogP contribution in [-0.4, -0.2) is 77.4 Å². The molecule has 1 aromatic carbocycles. The number of nitrogens with zero attached hydrogens (tertiary/aromatic N) is 4. The first-order chi connectivity index (χ1) is 13.3. The molecule has 2 aliphatic rings. The molecule has 0 radical (unpaired) electrons. The molecule has 2 saturated heterocycles. The van der Waals surface area contributed by atoms with Gasteiger partial charge in [-0.2, -0.15) is 0 Å². The lowest BCUT2D eigenvalue weighted by Crippen LogP contribution is -2.53. The van der Waals surface area contributed by atoms with E-state index in [1.54, 1.807) is 4.90 Å². The van der Waals surface area contributed by atoms with Gasteiger partial charge in [0.1, 0.15) is 12.4 Å². The van der Waals surface area contributed by atoms with Gasteiger partial charge < -0.3 is 4.90 Å². The Labute approximate surface area is 161 Å². The van der Waals surface area contributed by atoms with Gasteiger partial charge >= 0.3 is 0 Å². The summed E-state index contributed by atoms with van der Waals surface area (Å²) in [5, 5.41) is 0.141. The van der Waals surface area contributed by atoms with E-state index in [1.165, 1.54) is 23.0 Å². The average Bonchev–Trinajstić information content (AvgIpc) is 3.04. The molecule has 2 fully saturated rings. The Hall–Kier alpha value is -2.33. The van der Waals surface area contributed by atoms with Crippen LogP contribution in [0.2, 0.25) is 0 Å². The second-order valence-electron chi connectivity index (χ2n) is 7.31. The quantitative estimate of drug-likeness (QED) is 0.702. The minimum atomic E-state index is -2.94. The van der Waals surface area contributed by atoms with E-state index in [-0.39, 0.29) is 35.4 Å². The number of carbonyl (C=O) groups is 1. The topological polar surface area (TPSA) is 92.6 Å². The number of rotatable bonds is 3. The fourth-order valence-corrected chi connectivity index (χ4v) is 5.65. The number of hydrogen-bond acceptors (Lipinski definition) is 6. The molecule has 0 aliphatic carbocycles. The predicted octanol–water partition coefficient (Wildman–Crippen LogP) is -0.133. The second kappa shape index (κ2) is 7.25. The zero-order chi connectivity index (χ0) is 19.9. The van der Waals surface area contributed by atoms with Crippen LogP contribution in [0.3, 0.4) is 0 Å². The minimum Gasteiger partial charge on any atom is -0.339 e. The lowest BCUT2D eigenvalue weighted by molar-refractivity contribution is -0.133. The highest BCUT2D eigenvalue weighted by atomic mass is 32.2. The monoisotopic (exact) mass is 408 g/mol. The normalized spacial score (nSPS) is 22.6. The van der Waals surface area contributed by atoms with E-state index >= 15 is 0 Å². The predicted molar refractivity (Wildman–Crippen MR) is 101 cm³/mol. The molecular weight excluding hydrogens is 387 g/mol. The van der Waals surface area contributed by atoms with Crippen molar-refractivity contribution in [3.63, 3.8) is 0 Å². The van der Waals surface area contributed by atoms with Crippen LogP contribution >= 0.6 is 0 Å². The first kappa shape index (κ1) is 19.0. The molecule has 3 heterocycles. The summed E-state index contributed by atoms with van der Waals surface area (Å²) in [5.74, 6) is -0.316. The molecule has 4 rings (SSSR count). The van der Waals surface area contributed by atoms with Crippen LogP contribution < -0.4 is 5.56 Å². The molecule has 0 N–H and O–H groups in total. The number of benzene rings is 1. The van der Waals surface area contributed by atoms with Crippen LogP contribution in [0, 0.1) is 5.82 Å². The zero-order valence-corrected chi connectivity index (χ0v) is 16.1. The average molecular weight is 408 g/mol. The maximum atomic E-state index is 13.4. The first-order valence-electron chi connectivity index (χ1n) is 9.19. The summed E-state index contributed by atoms with van der Waals surface area (Å²) in [6, 6.07) is 3.82. The summed E-state index contributed by atoms with van der Waals surface area (Å²) < 4.78 is 37.9. The molecular formula is C18H21FN4O4S. The van der Waals surface area contributed by atoms with Crippen molar-refractivity contribution in [2.75, 3.05) is 37.7 Å². The van der Waals surface area contributed by atoms with Gasteiger partial charge in [0.2, 0.25) is 5.91 Å². The zero-order valence-electron chi connectivity index (χ0n) is 15.3. The van der Waals surface area contributed by atoms with Gasteiger partial charge in [-0.15, -0.1) is 0 Å². The van der Waals surface area contributed by atoms with Crippen LogP contribution in [0.15, 0.2) is 29.3 Å². The number of aromatic nitrogens is 2. The number of halogens is 1. The van der Waals surface area contributed by atoms with Crippen molar-refractivity contribution in [3.05, 3.63) is 40.7 Å². The van der Waals surface area contributed by atoms with Crippen molar-refractivity contribution in [2.24, 2.45) is 0 Å². The van der Waals surface area contributed by atoms with Crippen LogP contribution in [0.1, 0.15) is 6.42 Å².